The van der Waals surface area contributed by atoms with Crippen molar-refractivity contribution in [2.45, 2.75) is 16.6 Å². The average molecular weight is 253 g/mol. The highest BCUT2D eigenvalue weighted by Crippen LogP contribution is 2.14. The Bertz CT molecular complexity index is 136. The third-order valence-corrected chi connectivity index (χ3v) is 1.91. The molecule has 0 radical (unpaired) electrons. The van der Waals surface area contributed by atoms with Crippen LogP contribution in [0.1, 0.15) is 6.42 Å². The van der Waals surface area contributed by atoms with E-state index >= 15 is 0 Å². The highest BCUT2D eigenvalue weighted by Gasteiger charge is 2.06. The van der Waals surface area contributed by atoms with Gasteiger partial charge in [-0.25, -0.2) is 9.79 Å². The Morgan fingerprint density at radius 3 is 1.92 bits per heavy atom. The summed E-state index contributed by atoms with van der Waals surface area (Å²) in [5.74, 6) is 0.400. The van der Waals surface area contributed by atoms with Gasteiger partial charge < -0.3 is 0 Å². The van der Waals surface area contributed by atoms with Gasteiger partial charge in [-0.2, -0.15) is 0 Å². The zero-order chi connectivity index (χ0) is 9.98. The van der Waals surface area contributed by atoms with Crippen LogP contribution < -0.4 is 0 Å². The van der Waals surface area contributed by atoms with Gasteiger partial charge in [0.05, 0.1) is 0 Å². The summed E-state index contributed by atoms with van der Waals surface area (Å²) in [6.07, 6.45) is 1.86. The number of isocyanates is 1. The molecule has 6 heteroatoms. The maximum Gasteiger partial charge on any atom is 0.234 e. The van der Waals surface area contributed by atoms with Gasteiger partial charge in [0.1, 0.15) is 4.84 Å². The van der Waals surface area contributed by atoms with Crippen LogP contribution in [0.2, 0.25) is 0 Å². The Kier molecular flexibility index (Phi) is 14.5. The number of alkyl halides is 4. The van der Waals surface area contributed by atoms with Crippen molar-refractivity contribution >= 4 is 52.5 Å². The Morgan fingerprint density at radius 2 is 1.83 bits per heavy atom. The normalized spacial score (nSPS) is 11.2. The number of halogens is 4. The number of hydrogen-bond acceptors (Lipinski definition) is 2. The minimum Gasteiger partial charge on any atom is -0.211 e. The molecule has 0 saturated carbocycles. The lowest BCUT2D eigenvalue weighted by atomic mass is 10.4. The molecule has 0 aliphatic carbocycles. The predicted octanol–water partition coefficient (Wildman–Crippen LogP) is 2.98. The molecule has 0 aromatic carbocycles. The number of carbonyl (C=O) groups excluding carboxylic acids is 1. The zero-order valence-corrected chi connectivity index (χ0v) is 9.46. The Hall–Kier alpha value is 0.540. The van der Waals surface area contributed by atoms with Gasteiger partial charge in [-0.3, -0.25) is 0 Å². The van der Waals surface area contributed by atoms with Crippen molar-refractivity contribution in [3.8, 4) is 0 Å². The Labute approximate surface area is 91.8 Å². The van der Waals surface area contributed by atoms with Crippen LogP contribution in [0.3, 0.4) is 0 Å². The number of nitrogens with zero attached hydrogens (tertiary/aromatic N) is 1. The van der Waals surface area contributed by atoms with Crippen LogP contribution in [-0.2, 0) is 4.79 Å². The topological polar surface area (TPSA) is 29.4 Å². The summed E-state index contributed by atoms with van der Waals surface area (Å²) < 4.78 is 0. The third kappa shape index (κ3) is 16.9. The monoisotopic (exact) mass is 251 g/mol. The smallest absolute Gasteiger partial charge is 0.211 e. The molecule has 0 rings (SSSR count). The second-order valence-corrected chi connectivity index (χ2v) is 3.90. The minimum absolute atomic E-state index is 0.100. The van der Waals surface area contributed by atoms with E-state index in [1.807, 2.05) is 0 Å². The van der Waals surface area contributed by atoms with Crippen LogP contribution in [0.25, 0.3) is 0 Å². The molecule has 0 spiro atoms. The van der Waals surface area contributed by atoms with Crippen LogP contribution in [-0.4, -0.2) is 29.2 Å². The van der Waals surface area contributed by atoms with E-state index in [0.717, 1.165) is 0 Å². The summed E-state index contributed by atoms with van der Waals surface area (Å²) in [7, 11) is 1.38. The standard InChI is InChI=1S/C4H6Cl4.C2H3NO/c5-2-3(6)1-4(7)8;1-3-2-4/h3-4H,1-2H2;1H3. The van der Waals surface area contributed by atoms with Crippen molar-refractivity contribution in [2.24, 2.45) is 4.99 Å². The first kappa shape index (κ1) is 15.0. The first-order chi connectivity index (χ1) is 5.58. The average Bonchev–Trinajstić information content (AvgIpc) is 2.04. The van der Waals surface area contributed by atoms with Crippen molar-refractivity contribution in [3.05, 3.63) is 0 Å². The van der Waals surface area contributed by atoms with E-state index in [1.165, 1.54) is 13.1 Å². The molecule has 72 valence electrons. The van der Waals surface area contributed by atoms with Crippen LogP contribution in [0.15, 0.2) is 4.99 Å². The third-order valence-electron chi connectivity index (χ3n) is 0.693. The fourth-order valence-corrected chi connectivity index (χ4v) is 1.17. The molecular weight excluding hydrogens is 244 g/mol. The number of hydrogen-bond donors (Lipinski definition) is 0. The molecule has 0 aromatic heterocycles. The first-order valence-electron chi connectivity index (χ1n) is 3.02. The van der Waals surface area contributed by atoms with Crippen LogP contribution in [0, 0.1) is 0 Å². The fraction of sp³-hybridized carbons (Fsp3) is 0.833. The summed E-state index contributed by atoms with van der Waals surface area (Å²) in [6, 6.07) is 0. The lowest BCUT2D eigenvalue weighted by Crippen LogP contribution is -2.04. The van der Waals surface area contributed by atoms with Crippen molar-refractivity contribution < 1.29 is 4.79 Å². The summed E-state index contributed by atoms with van der Waals surface area (Å²) in [4.78, 5) is 11.4. The first-order valence-corrected chi connectivity index (χ1v) is 4.87. The van der Waals surface area contributed by atoms with Gasteiger partial charge >= 0.3 is 0 Å². The predicted molar refractivity (Wildman–Crippen MR) is 54.5 cm³/mol. The van der Waals surface area contributed by atoms with E-state index in [-0.39, 0.29) is 5.38 Å². The van der Waals surface area contributed by atoms with Crippen LogP contribution >= 0.6 is 46.4 Å². The largest absolute Gasteiger partial charge is 0.234 e. The lowest BCUT2D eigenvalue weighted by Gasteiger charge is -2.03. The van der Waals surface area contributed by atoms with Gasteiger partial charge in [0.2, 0.25) is 6.08 Å². The van der Waals surface area contributed by atoms with Gasteiger partial charge in [0.15, 0.2) is 0 Å². The number of rotatable bonds is 3. The van der Waals surface area contributed by atoms with Gasteiger partial charge in [-0.05, 0) is 6.42 Å². The zero-order valence-electron chi connectivity index (χ0n) is 6.44. The van der Waals surface area contributed by atoms with E-state index in [0.29, 0.717) is 12.3 Å². The second-order valence-electron chi connectivity index (χ2n) is 1.69. The van der Waals surface area contributed by atoms with E-state index in [4.69, 9.17) is 51.2 Å². The van der Waals surface area contributed by atoms with E-state index < -0.39 is 4.84 Å². The Morgan fingerprint density at radius 1 is 1.42 bits per heavy atom. The van der Waals surface area contributed by atoms with Gasteiger partial charge in [0.25, 0.3) is 0 Å². The Balaban J connectivity index is 0. The lowest BCUT2D eigenvalue weighted by molar-refractivity contribution is 0.564. The summed E-state index contributed by atoms with van der Waals surface area (Å²) in [6.45, 7) is 0. The summed E-state index contributed by atoms with van der Waals surface area (Å²) >= 11 is 21.7. The SMILES string of the molecule is CN=C=O.ClCC(Cl)CC(Cl)Cl. The van der Waals surface area contributed by atoms with Crippen LogP contribution in [0.4, 0.5) is 0 Å². The fourth-order valence-electron chi connectivity index (χ4n) is 0.256. The molecule has 1 atom stereocenters. The molecule has 1 unspecified atom stereocenters. The maximum absolute atomic E-state index is 8.88. The van der Waals surface area contributed by atoms with Gasteiger partial charge in [0, 0.05) is 18.3 Å². The van der Waals surface area contributed by atoms with Crippen molar-refractivity contribution in [3.63, 3.8) is 0 Å². The molecular formula is C6H9Cl4NO. The summed E-state index contributed by atoms with van der Waals surface area (Å²) in [5.41, 5.74) is 0. The molecule has 0 saturated heterocycles. The molecule has 0 aromatic rings. The molecule has 0 fully saturated rings. The molecule has 2 nitrogen and oxygen atoms in total. The molecule has 0 aliphatic rings. The molecule has 12 heavy (non-hydrogen) atoms. The van der Waals surface area contributed by atoms with Gasteiger partial charge in [-0.15, -0.1) is 46.4 Å². The number of aliphatic imine (C=N–C) groups is 1. The van der Waals surface area contributed by atoms with E-state index in [9.17, 15) is 0 Å². The summed E-state index contributed by atoms with van der Waals surface area (Å²) in [5, 5.41) is -0.100. The molecule has 0 heterocycles. The van der Waals surface area contributed by atoms with Crippen molar-refractivity contribution in [1.29, 1.82) is 0 Å². The molecule has 0 N–H and O–H groups in total. The second kappa shape index (κ2) is 11.5. The maximum atomic E-state index is 8.88. The molecule has 0 amide bonds. The molecule has 0 bridgehead atoms. The van der Waals surface area contributed by atoms with E-state index in [1.54, 1.807) is 0 Å². The highest BCUT2D eigenvalue weighted by molar-refractivity contribution is 6.44. The quantitative estimate of drug-likeness (QED) is 0.432. The highest BCUT2D eigenvalue weighted by atomic mass is 35.5. The van der Waals surface area contributed by atoms with E-state index in [2.05, 4.69) is 4.99 Å². The minimum atomic E-state index is -0.392. The van der Waals surface area contributed by atoms with Crippen LogP contribution in [0.5, 0.6) is 0 Å². The van der Waals surface area contributed by atoms with Crippen molar-refractivity contribution in [2.75, 3.05) is 12.9 Å². The molecule has 0 aliphatic heterocycles. The van der Waals surface area contributed by atoms with Gasteiger partial charge in [-0.1, -0.05) is 0 Å². The van der Waals surface area contributed by atoms with Crippen molar-refractivity contribution in [1.82, 2.24) is 0 Å².